The van der Waals surface area contributed by atoms with Crippen LogP contribution in [0.5, 0.6) is 0 Å². The number of hydrogen-bond acceptors (Lipinski definition) is 3. The molecule has 0 aromatic carbocycles. The maximum Gasteiger partial charge on any atom is 0.337 e. The van der Waals surface area contributed by atoms with Crippen molar-refractivity contribution in [2.75, 3.05) is 0 Å². The number of carboxylic acids is 1. The number of carboxylic acid groups (broad SMARTS) is 1. The zero-order chi connectivity index (χ0) is 13.7. The van der Waals surface area contributed by atoms with Gasteiger partial charge in [-0.25, -0.2) is 4.79 Å². The van der Waals surface area contributed by atoms with Crippen LogP contribution in [0.4, 0.5) is 0 Å². The molecule has 0 spiro atoms. The van der Waals surface area contributed by atoms with E-state index >= 15 is 0 Å². The Kier molecular flexibility index (Phi) is 2.85. The van der Waals surface area contributed by atoms with Gasteiger partial charge in [-0.1, -0.05) is 0 Å². The van der Waals surface area contributed by atoms with Gasteiger partial charge in [0.15, 0.2) is 0 Å². The van der Waals surface area contributed by atoms with Crippen LogP contribution >= 0.6 is 11.8 Å². The summed E-state index contributed by atoms with van der Waals surface area (Å²) < 4.78 is 0.369. The molecule has 4 heteroatoms. The van der Waals surface area contributed by atoms with Crippen LogP contribution in [0.1, 0.15) is 48.9 Å². The van der Waals surface area contributed by atoms with Crippen LogP contribution in [-0.2, 0) is 0 Å². The second kappa shape index (κ2) is 4.48. The normalized spacial score (nSPS) is 38.1. The monoisotopic (exact) mass is 289 g/mol. The number of hydrogen-bond donors (Lipinski definition) is 1. The van der Waals surface area contributed by atoms with Crippen LogP contribution in [0.2, 0.25) is 0 Å². The van der Waals surface area contributed by atoms with Gasteiger partial charge in [-0.05, 0) is 62.3 Å². The summed E-state index contributed by atoms with van der Waals surface area (Å²) in [5.74, 6) is 1.88. The van der Waals surface area contributed by atoms with Crippen molar-refractivity contribution in [2.45, 2.75) is 48.2 Å². The Labute approximate surface area is 123 Å². The Morgan fingerprint density at radius 3 is 2.30 bits per heavy atom. The molecule has 4 aliphatic carbocycles. The molecule has 0 radical (unpaired) electrons. The number of aromatic nitrogens is 1. The first-order valence-corrected chi connectivity index (χ1v) is 8.31. The maximum absolute atomic E-state index is 11.1. The molecule has 0 unspecified atom stereocenters. The number of pyridine rings is 1. The van der Waals surface area contributed by atoms with E-state index in [4.69, 9.17) is 5.11 Å². The molecule has 1 heterocycles. The van der Waals surface area contributed by atoms with Crippen LogP contribution in [0.15, 0.2) is 23.4 Å². The van der Waals surface area contributed by atoms with Crippen molar-refractivity contribution in [1.29, 1.82) is 0 Å². The van der Waals surface area contributed by atoms with Crippen molar-refractivity contribution in [1.82, 2.24) is 4.98 Å². The number of thioether (sulfide) groups is 1. The SMILES string of the molecule is O=C(O)c1cncc(SC23CC4CC(CC(C4)C2)C3)c1. The molecule has 1 aromatic heterocycles. The van der Waals surface area contributed by atoms with Crippen LogP contribution in [0.25, 0.3) is 0 Å². The van der Waals surface area contributed by atoms with Crippen molar-refractivity contribution in [2.24, 2.45) is 17.8 Å². The lowest BCUT2D eigenvalue weighted by atomic mass is 9.56. The molecule has 0 amide bonds. The lowest BCUT2D eigenvalue weighted by molar-refractivity contribution is 0.0383. The van der Waals surface area contributed by atoms with Gasteiger partial charge < -0.3 is 5.11 Å². The minimum Gasteiger partial charge on any atom is -0.478 e. The third kappa shape index (κ3) is 2.14. The van der Waals surface area contributed by atoms with Crippen LogP contribution in [-0.4, -0.2) is 20.8 Å². The second-order valence-corrected chi connectivity index (χ2v) is 8.46. The van der Waals surface area contributed by atoms with E-state index in [0.29, 0.717) is 10.3 Å². The number of aromatic carboxylic acids is 1. The smallest absolute Gasteiger partial charge is 0.337 e. The van der Waals surface area contributed by atoms with E-state index in [-0.39, 0.29) is 0 Å². The molecule has 0 atom stereocenters. The zero-order valence-corrected chi connectivity index (χ0v) is 12.2. The number of rotatable bonds is 3. The molecule has 1 N–H and O–H groups in total. The van der Waals surface area contributed by atoms with E-state index in [1.54, 1.807) is 6.07 Å². The summed E-state index contributed by atoms with van der Waals surface area (Å²) in [5, 5.41) is 9.09. The average Bonchev–Trinajstić information content (AvgIpc) is 2.36. The topological polar surface area (TPSA) is 50.2 Å². The van der Waals surface area contributed by atoms with E-state index in [0.717, 1.165) is 22.6 Å². The molecule has 4 fully saturated rings. The summed E-state index contributed by atoms with van der Waals surface area (Å²) in [5.41, 5.74) is 0.305. The fraction of sp³-hybridized carbons (Fsp3) is 0.625. The first kappa shape index (κ1) is 12.7. The summed E-state index contributed by atoms with van der Waals surface area (Å²) in [6, 6.07) is 1.79. The maximum atomic E-state index is 11.1. The Morgan fingerprint density at radius 2 is 1.75 bits per heavy atom. The molecular formula is C16H19NO2S. The molecule has 1 aromatic rings. The van der Waals surface area contributed by atoms with E-state index in [2.05, 4.69) is 4.98 Å². The summed E-state index contributed by atoms with van der Waals surface area (Å²) in [7, 11) is 0. The summed E-state index contributed by atoms with van der Waals surface area (Å²) in [6.07, 6.45) is 11.5. The van der Waals surface area contributed by atoms with Gasteiger partial charge in [0.25, 0.3) is 0 Å². The van der Waals surface area contributed by atoms with Gasteiger partial charge in [-0.3, -0.25) is 4.98 Å². The second-order valence-electron chi connectivity index (χ2n) is 6.92. The summed E-state index contributed by atoms with van der Waals surface area (Å²) in [4.78, 5) is 16.2. The Balaban J connectivity index is 1.59. The lowest BCUT2D eigenvalue weighted by Gasteiger charge is -2.56. The molecule has 3 nitrogen and oxygen atoms in total. The Morgan fingerprint density at radius 1 is 1.15 bits per heavy atom. The lowest BCUT2D eigenvalue weighted by Crippen LogP contribution is -2.48. The fourth-order valence-electron chi connectivity index (χ4n) is 5.00. The van der Waals surface area contributed by atoms with E-state index in [9.17, 15) is 4.79 Å². The third-order valence-corrected chi connectivity index (χ3v) is 6.67. The highest BCUT2D eigenvalue weighted by atomic mass is 32.2. The molecule has 5 rings (SSSR count). The predicted molar refractivity (Wildman–Crippen MR) is 78.0 cm³/mol. The Hall–Kier alpha value is -1.03. The van der Waals surface area contributed by atoms with Crippen molar-refractivity contribution < 1.29 is 9.90 Å². The number of nitrogens with zero attached hydrogens (tertiary/aromatic N) is 1. The largest absolute Gasteiger partial charge is 0.478 e. The van der Waals surface area contributed by atoms with Crippen LogP contribution in [0, 0.1) is 17.8 Å². The van der Waals surface area contributed by atoms with Crippen LogP contribution < -0.4 is 0 Å². The number of carbonyl (C=O) groups is 1. The predicted octanol–water partition coefficient (Wildman–Crippen LogP) is 3.84. The van der Waals surface area contributed by atoms with Crippen molar-refractivity contribution in [3.05, 3.63) is 24.0 Å². The van der Waals surface area contributed by atoms with Crippen LogP contribution in [0.3, 0.4) is 0 Å². The summed E-state index contributed by atoms with van der Waals surface area (Å²) in [6.45, 7) is 0. The van der Waals surface area contributed by atoms with Gasteiger partial charge in [-0.15, -0.1) is 11.8 Å². The minimum absolute atomic E-state index is 0.305. The van der Waals surface area contributed by atoms with Crippen molar-refractivity contribution in [3.63, 3.8) is 0 Å². The molecular weight excluding hydrogens is 270 g/mol. The van der Waals surface area contributed by atoms with E-state index in [1.807, 2.05) is 18.0 Å². The molecule has 4 saturated carbocycles. The third-order valence-electron chi connectivity index (χ3n) is 5.28. The highest BCUT2D eigenvalue weighted by molar-refractivity contribution is 8.00. The molecule has 0 saturated heterocycles. The highest BCUT2D eigenvalue weighted by Crippen LogP contribution is 2.61. The molecule has 4 aliphatic rings. The first-order chi connectivity index (χ1) is 9.62. The van der Waals surface area contributed by atoms with Gasteiger partial charge in [0.1, 0.15) is 0 Å². The highest BCUT2D eigenvalue weighted by Gasteiger charge is 2.51. The summed E-state index contributed by atoms with van der Waals surface area (Å²) >= 11 is 1.91. The molecule has 0 aliphatic heterocycles. The van der Waals surface area contributed by atoms with Gasteiger partial charge in [0.05, 0.1) is 5.56 Å². The fourth-order valence-corrected chi connectivity index (χ4v) is 6.75. The van der Waals surface area contributed by atoms with Gasteiger partial charge in [0, 0.05) is 22.0 Å². The average molecular weight is 289 g/mol. The standard InChI is InChI=1S/C16H19NO2S/c18-15(19)13-4-14(9-17-8-13)20-16-5-10-1-11(6-16)3-12(2-10)7-16/h4,8-12H,1-3,5-7H2,(H,18,19). The Bertz CT molecular complexity index is 522. The quantitative estimate of drug-likeness (QED) is 0.918. The van der Waals surface area contributed by atoms with Gasteiger partial charge in [-0.2, -0.15) is 0 Å². The zero-order valence-electron chi connectivity index (χ0n) is 11.4. The molecule has 106 valence electrons. The van der Waals surface area contributed by atoms with E-state index < -0.39 is 5.97 Å². The molecule has 20 heavy (non-hydrogen) atoms. The minimum atomic E-state index is -0.884. The van der Waals surface area contributed by atoms with Crippen molar-refractivity contribution >= 4 is 17.7 Å². The molecule has 4 bridgehead atoms. The van der Waals surface area contributed by atoms with Gasteiger partial charge >= 0.3 is 5.97 Å². The van der Waals surface area contributed by atoms with Gasteiger partial charge in [0.2, 0.25) is 0 Å². The van der Waals surface area contributed by atoms with Crippen molar-refractivity contribution in [3.8, 4) is 0 Å². The van der Waals surface area contributed by atoms with E-state index in [1.165, 1.54) is 44.7 Å². The first-order valence-electron chi connectivity index (χ1n) is 7.49.